The van der Waals surface area contributed by atoms with Gasteiger partial charge in [0.05, 0.1) is 13.2 Å². The first-order valence-corrected chi connectivity index (χ1v) is 10.6. The second kappa shape index (κ2) is 11.5. The number of ether oxygens (including phenoxy) is 6. The Balaban J connectivity index is 1.88. The van der Waals surface area contributed by atoms with E-state index in [0.29, 0.717) is 55.8 Å². The van der Waals surface area contributed by atoms with E-state index in [2.05, 4.69) is 0 Å². The third kappa shape index (κ3) is 6.79. The number of fused-ring (bicyclic) bond motifs is 2. The van der Waals surface area contributed by atoms with Crippen LogP contribution in [0.1, 0.15) is 26.7 Å². The topological polar surface area (TPSA) is 72.5 Å². The van der Waals surface area contributed by atoms with Gasteiger partial charge in [-0.3, -0.25) is 4.79 Å². The molecule has 3 rings (SSSR count). The fraction of sp³-hybridized carbons (Fsp3) is 0.458. The number of para-hydroxylation sites is 4. The number of carbonyl (C=O) groups excluding carboxylic acids is 1. The van der Waals surface area contributed by atoms with Crippen molar-refractivity contribution in [1.82, 2.24) is 0 Å². The lowest BCUT2D eigenvalue weighted by atomic mass is 9.99. The van der Waals surface area contributed by atoms with Crippen LogP contribution in [0.2, 0.25) is 0 Å². The molecule has 0 aliphatic carbocycles. The predicted octanol–water partition coefficient (Wildman–Crippen LogP) is 4.03. The highest BCUT2D eigenvalue weighted by atomic mass is 16.6. The average molecular weight is 430 g/mol. The molecule has 0 N–H and O–H groups in total. The molecule has 2 aromatic rings. The third-order valence-corrected chi connectivity index (χ3v) is 4.72. The van der Waals surface area contributed by atoms with Crippen LogP contribution in [0, 0.1) is 0 Å². The van der Waals surface area contributed by atoms with Gasteiger partial charge in [0, 0.05) is 6.92 Å². The molecule has 168 valence electrons. The van der Waals surface area contributed by atoms with Crippen molar-refractivity contribution < 1.29 is 33.2 Å². The summed E-state index contributed by atoms with van der Waals surface area (Å²) in [6.45, 7) is 5.27. The summed E-state index contributed by atoms with van der Waals surface area (Å²) in [5.41, 5.74) is -0.957. The zero-order valence-electron chi connectivity index (χ0n) is 18.1. The maximum absolute atomic E-state index is 11.9. The van der Waals surface area contributed by atoms with Crippen LogP contribution >= 0.6 is 0 Å². The molecule has 0 saturated carbocycles. The van der Waals surface area contributed by atoms with Crippen LogP contribution in [-0.2, 0) is 14.3 Å². The molecule has 2 aromatic carbocycles. The molecular weight excluding hydrogens is 400 g/mol. The number of rotatable bonds is 3. The van der Waals surface area contributed by atoms with Gasteiger partial charge in [0.2, 0.25) is 0 Å². The lowest BCUT2D eigenvalue weighted by Gasteiger charge is -2.33. The zero-order chi connectivity index (χ0) is 21.9. The van der Waals surface area contributed by atoms with E-state index in [1.807, 2.05) is 55.5 Å². The van der Waals surface area contributed by atoms with Crippen LogP contribution in [0.5, 0.6) is 23.0 Å². The summed E-state index contributed by atoms with van der Waals surface area (Å²) in [5.74, 6) is 1.97. The molecule has 1 aliphatic rings. The van der Waals surface area contributed by atoms with Crippen molar-refractivity contribution in [3.63, 3.8) is 0 Å². The van der Waals surface area contributed by atoms with E-state index in [1.54, 1.807) is 0 Å². The van der Waals surface area contributed by atoms with E-state index in [-0.39, 0.29) is 19.2 Å². The van der Waals surface area contributed by atoms with Gasteiger partial charge in [0.25, 0.3) is 0 Å². The number of hydrogen-bond acceptors (Lipinski definition) is 7. The van der Waals surface area contributed by atoms with Crippen molar-refractivity contribution in [2.24, 2.45) is 0 Å². The molecule has 0 amide bonds. The van der Waals surface area contributed by atoms with Crippen LogP contribution in [0.15, 0.2) is 48.5 Å². The molecule has 7 nitrogen and oxygen atoms in total. The highest BCUT2D eigenvalue weighted by Gasteiger charge is 2.36. The summed E-state index contributed by atoms with van der Waals surface area (Å²) in [6.07, 6.45) is 1.36. The summed E-state index contributed by atoms with van der Waals surface area (Å²) in [4.78, 5) is 11.9. The van der Waals surface area contributed by atoms with E-state index in [4.69, 9.17) is 28.4 Å². The Morgan fingerprint density at radius 1 is 0.806 bits per heavy atom. The second-order valence-corrected chi connectivity index (χ2v) is 7.31. The Bertz CT molecular complexity index is 781. The van der Waals surface area contributed by atoms with Crippen LogP contribution in [0.3, 0.4) is 0 Å². The van der Waals surface area contributed by atoms with Gasteiger partial charge in [-0.2, -0.15) is 0 Å². The zero-order valence-corrected chi connectivity index (χ0v) is 18.1. The minimum absolute atomic E-state index is 0.125. The quantitative estimate of drug-likeness (QED) is 0.681. The molecule has 0 radical (unpaired) electrons. The fourth-order valence-corrected chi connectivity index (χ4v) is 3.38. The molecular formula is C24H30O7. The number of hydrogen-bond donors (Lipinski definition) is 0. The van der Waals surface area contributed by atoms with E-state index >= 15 is 0 Å². The van der Waals surface area contributed by atoms with E-state index in [0.717, 1.165) is 6.42 Å². The molecule has 0 spiro atoms. The fourth-order valence-electron chi connectivity index (χ4n) is 3.38. The lowest BCUT2D eigenvalue weighted by molar-refractivity contribution is -0.166. The third-order valence-electron chi connectivity index (χ3n) is 4.72. The molecule has 1 heterocycles. The predicted molar refractivity (Wildman–Crippen MR) is 115 cm³/mol. The van der Waals surface area contributed by atoms with Crippen molar-refractivity contribution in [3.8, 4) is 23.0 Å². The number of carbonyl (C=O) groups is 1. The molecule has 0 fully saturated rings. The minimum atomic E-state index is -0.957. The van der Waals surface area contributed by atoms with Gasteiger partial charge in [-0.15, -0.1) is 0 Å². The molecule has 0 saturated heterocycles. The van der Waals surface area contributed by atoms with Gasteiger partial charge >= 0.3 is 5.97 Å². The van der Waals surface area contributed by atoms with Crippen molar-refractivity contribution in [3.05, 3.63) is 48.5 Å². The van der Waals surface area contributed by atoms with Crippen molar-refractivity contribution in [1.29, 1.82) is 0 Å². The van der Waals surface area contributed by atoms with Crippen molar-refractivity contribution in [2.45, 2.75) is 32.3 Å². The molecule has 31 heavy (non-hydrogen) atoms. The minimum Gasteiger partial charge on any atom is -0.487 e. The maximum atomic E-state index is 11.9. The lowest BCUT2D eigenvalue weighted by Crippen LogP contribution is -2.46. The molecule has 0 aromatic heterocycles. The standard InChI is InChI=1S/C24H30O7/c1-3-12-24(31-19(2)25)17-29-22-10-6-4-8-20(22)27-15-13-26-14-16-28-21-9-5-7-11-23(21)30-18-24/h4-11H,3,12-18H2,1-2H3. The van der Waals surface area contributed by atoms with Gasteiger partial charge in [0.15, 0.2) is 28.6 Å². The first-order valence-electron chi connectivity index (χ1n) is 10.6. The monoisotopic (exact) mass is 430 g/mol. The summed E-state index contributed by atoms with van der Waals surface area (Å²) in [6, 6.07) is 14.8. The number of benzene rings is 2. The Morgan fingerprint density at radius 3 is 1.68 bits per heavy atom. The van der Waals surface area contributed by atoms with Gasteiger partial charge in [-0.1, -0.05) is 37.6 Å². The normalized spacial score (nSPS) is 16.8. The molecule has 1 aliphatic heterocycles. The van der Waals surface area contributed by atoms with Gasteiger partial charge in [-0.25, -0.2) is 0 Å². The number of esters is 1. The molecule has 0 bridgehead atoms. The van der Waals surface area contributed by atoms with E-state index in [1.165, 1.54) is 6.92 Å². The Kier molecular flexibility index (Phi) is 8.41. The first-order chi connectivity index (χ1) is 15.1. The highest BCUT2D eigenvalue weighted by Crippen LogP contribution is 2.32. The summed E-state index contributed by atoms with van der Waals surface area (Å²) >= 11 is 0. The van der Waals surface area contributed by atoms with Crippen LogP contribution in [-0.4, -0.2) is 51.2 Å². The Labute approximate surface area is 183 Å². The van der Waals surface area contributed by atoms with Gasteiger partial charge in [-0.05, 0) is 30.7 Å². The van der Waals surface area contributed by atoms with Crippen LogP contribution < -0.4 is 18.9 Å². The molecule has 0 unspecified atom stereocenters. The van der Waals surface area contributed by atoms with Gasteiger partial charge in [0.1, 0.15) is 26.4 Å². The van der Waals surface area contributed by atoms with E-state index < -0.39 is 5.60 Å². The van der Waals surface area contributed by atoms with Crippen molar-refractivity contribution >= 4 is 5.97 Å². The summed E-state index contributed by atoms with van der Waals surface area (Å²) in [5, 5.41) is 0. The highest BCUT2D eigenvalue weighted by molar-refractivity contribution is 5.66. The molecule has 7 heteroatoms. The van der Waals surface area contributed by atoms with Crippen LogP contribution in [0.25, 0.3) is 0 Å². The van der Waals surface area contributed by atoms with Crippen molar-refractivity contribution in [2.75, 3.05) is 39.6 Å². The average Bonchev–Trinajstić information content (AvgIpc) is 2.76. The first kappa shape index (κ1) is 22.7. The maximum Gasteiger partial charge on any atom is 0.303 e. The van der Waals surface area contributed by atoms with Gasteiger partial charge < -0.3 is 28.4 Å². The van der Waals surface area contributed by atoms with Crippen LogP contribution in [0.4, 0.5) is 0 Å². The summed E-state index contributed by atoms with van der Waals surface area (Å²) in [7, 11) is 0. The Hall–Kier alpha value is -2.93. The molecule has 0 atom stereocenters. The Morgan fingerprint density at radius 2 is 1.26 bits per heavy atom. The summed E-state index contributed by atoms with van der Waals surface area (Å²) < 4.78 is 35.2. The smallest absolute Gasteiger partial charge is 0.303 e. The second-order valence-electron chi connectivity index (χ2n) is 7.31. The SMILES string of the molecule is CCCC1(OC(C)=O)COc2ccccc2OCCOCCOc2ccccc2OC1. The largest absolute Gasteiger partial charge is 0.487 e. The van der Waals surface area contributed by atoms with E-state index in [9.17, 15) is 4.79 Å².